The Morgan fingerprint density at radius 3 is 2.40 bits per heavy atom. The van der Waals surface area contributed by atoms with Crippen molar-refractivity contribution in [2.45, 2.75) is 56.7 Å². The number of rotatable bonds is 2. The Hall–Kier alpha value is -0.570. The Bertz CT molecular complexity index is 293. The van der Waals surface area contributed by atoms with E-state index < -0.39 is 0 Å². The molecule has 1 heterocycles. The topological polar surface area (TPSA) is 38.9 Å². The minimum Gasteiger partial charge on any atom is -0.339 e. The van der Waals surface area contributed by atoms with Crippen molar-refractivity contribution >= 4 is 11.6 Å². The van der Waals surface area contributed by atoms with Crippen LogP contribution in [0.5, 0.6) is 0 Å². The highest BCUT2D eigenvalue weighted by molar-refractivity contribution is 6.16. The average Bonchev–Trinajstić information content (AvgIpc) is 2.65. The zero-order valence-corrected chi connectivity index (χ0v) is 9.67. The maximum Gasteiger partial charge on any atom is 0.229 e. The summed E-state index contributed by atoms with van der Waals surface area (Å²) >= 11 is 5.65. The molecule has 3 nitrogen and oxygen atoms in total. The second-order valence-corrected chi connectivity index (χ2v) is 4.49. The summed E-state index contributed by atoms with van der Waals surface area (Å²) < 4.78 is 5.25. The largest absolute Gasteiger partial charge is 0.339 e. The molecule has 0 unspecified atom stereocenters. The lowest BCUT2D eigenvalue weighted by Crippen LogP contribution is -2.02. The third kappa shape index (κ3) is 2.94. The average molecular weight is 229 g/mol. The van der Waals surface area contributed by atoms with E-state index in [1.54, 1.807) is 0 Å². The van der Waals surface area contributed by atoms with E-state index in [0.29, 0.717) is 17.6 Å². The number of nitrogens with zero attached hydrogens (tertiary/aromatic N) is 2. The number of hydrogen-bond donors (Lipinski definition) is 0. The summed E-state index contributed by atoms with van der Waals surface area (Å²) in [5.41, 5.74) is 0. The molecule has 0 atom stereocenters. The molecule has 1 aromatic heterocycles. The van der Waals surface area contributed by atoms with Crippen LogP contribution < -0.4 is 0 Å². The van der Waals surface area contributed by atoms with Gasteiger partial charge in [0.2, 0.25) is 5.89 Å². The number of alkyl halides is 1. The predicted octanol–water partition coefficient (Wildman–Crippen LogP) is 3.64. The van der Waals surface area contributed by atoms with Gasteiger partial charge in [-0.15, -0.1) is 11.6 Å². The number of halogens is 1. The van der Waals surface area contributed by atoms with Crippen molar-refractivity contribution in [1.29, 1.82) is 0 Å². The summed E-state index contributed by atoms with van der Waals surface area (Å²) in [4.78, 5) is 4.31. The smallest absolute Gasteiger partial charge is 0.229 e. The molecule has 1 aromatic rings. The van der Waals surface area contributed by atoms with Crippen molar-refractivity contribution in [2.75, 3.05) is 0 Å². The van der Waals surface area contributed by atoms with Crippen LogP contribution in [0.2, 0.25) is 0 Å². The Morgan fingerprint density at radius 2 is 1.80 bits per heavy atom. The molecule has 1 aliphatic rings. The van der Waals surface area contributed by atoms with Crippen LogP contribution in [0.15, 0.2) is 4.52 Å². The van der Waals surface area contributed by atoms with Gasteiger partial charge in [-0.05, 0) is 12.8 Å². The van der Waals surface area contributed by atoms with Crippen LogP contribution in [0.25, 0.3) is 0 Å². The Kier molecular flexibility index (Phi) is 4.01. The molecule has 0 aliphatic heterocycles. The normalized spacial score (nSPS) is 19.8. The standard InChI is InChI=1S/C11H17ClN2O/c12-8-10-13-11(15-14-10)9-6-4-2-1-3-5-7-9/h9H,1-8H2. The van der Waals surface area contributed by atoms with Crippen LogP contribution in [0, 0.1) is 0 Å². The van der Waals surface area contributed by atoms with Crippen LogP contribution in [-0.4, -0.2) is 10.1 Å². The van der Waals surface area contributed by atoms with Crippen molar-refractivity contribution in [3.05, 3.63) is 11.7 Å². The Labute approximate surface area is 95.2 Å². The summed E-state index contributed by atoms with van der Waals surface area (Å²) in [5.74, 6) is 2.23. The highest BCUT2D eigenvalue weighted by Crippen LogP contribution is 2.29. The molecule has 0 aromatic carbocycles. The molecule has 1 aliphatic carbocycles. The molecular weight excluding hydrogens is 212 g/mol. The fraction of sp³-hybridized carbons (Fsp3) is 0.818. The summed E-state index contributed by atoms with van der Waals surface area (Å²) in [6.45, 7) is 0. The van der Waals surface area contributed by atoms with Gasteiger partial charge in [0, 0.05) is 5.92 Å². The minimum absolute atomic E-state index is 0.343. The van der Waals surface area contributed by atoms with E-state index in [0.717, 1.165) is 5.89 Å². The molecule has 4 heteroatoms. The van der Waals surface area contributed by atoms with Crippen molar-refractivity contribution < 1.29 is 4.52 Å². The first-order chi connectivity index (χ1) is 7.40. The molecule has 15 heavy (non-hydrogen) atoms. The molecule has 2 rings (SSSR count). The molecule has 0 radical (unpaired) electrons. The first-order valence-corrected chi connectivity index (χ1v) is 6.32. The zero-order chi connectivity index (χ0) is 10.5. The van der Waals surface area contributed by atoms with E-state index in [1.165, 1.54) is 44.9 Å². The monoisotopic (exact) mass is 228 g/mol. The summed E-state index contributed by atoms with van der Waals surface area (Å²) in [5, 5.41) is 3.85. The van der Waals surface area contributed by atoms with E-state index in [2.05, 4.69) is 10.1 Å². The molecule has 0 spiro atoms. The fourth-order valence-electron chi connectivity index (χ4n) is 2.19. The number of hydrogen-bond acceptors (Lipinski definition) is 3. The van der Waals surface area contributed by atoms with Gasteiger partial charge in [-0.2, -0.15) is 4.98 Å². The van der Waals surface area contributed by atoms with Crippen LogP contribution in [0.4, 0.5) is 0 Å². The number of aromatic nitrogens is 2. The van der Waals surface area contributed by atoms with Gasteiger partial charge < -0.3 is 4.52 Å². The van der Waals surface area contributed by atoms with E-state index in [4.69, 9.17) is 16.1 Å². The van der Waals surface area contributed by atoms with Gasteiger partial charge in [-0.1, -0.05) is 37.3 Å². The maximum atomic E-state index is 5.65. The lowest BCUT2D eigenvalue weighted by molar-refractivity contribution is 0.321. The van der Waals surface area contributed by atoms with Crippen LogP contribution in [-0.2, 0) is 5.88 Å². The van der Waals surface area contributed by atoms with E-state index in [9.17, 15) is 0 Å². The van der Waals surface area contributed by atoms with Gasteiger partial charge in [-0.3, -0.25) is 0 Å². The van der Waals surface area contributed by atoms with Crippen molar-refractivity contribution in [3.8, 4) is 0 Å². The molecular formula is C11H17ClN2O. The molecule has 84 valence electrons. The van der Waals surface area contributed by atoms with Gasteiger partial charge in [0.25, 0.3) is 0 Å². The summed E-state index contributed by atoms with van der Waals surface area (Å²) in [6, 6.07) is 0. The second-order valence-electron chi connectivity index (χ2n) is 4.22. The van der Waals surface area contributed by atoms with Crippen LogP contribution in [0.3, 0.4) is 0 Å². The van der Waals surface area contributed by atoms with Gasteiger partial charge in [0.1, 0.15) is 0 Å². The zero-order valence-electron chi connectivity index (χ0n) is 8.91. The highest BCUT2D eigenvalue weighted by Gasteiger charge is 2.19. The maximum absolute atomic E-state index is 5.65. The molecule has 0 saturated heterocycles. The van der Waals surface area contributed by atoms with Crippen molar-refractivity contribution in [3.63, 3.8) is 0 Å². The fourth-order valence-corrected chi connectivity index (χ4v) is 2.30. The van der Waals surface area contributed by atoms with E-state index in [1.807, 2.05) is 0 Å². The Balaban J connectivity index is 2.00. The first kappa shape index (κ1) is 10.9. The van der Waals surface area contributed by atoms with Gasteiger partial charge in [-0.25, -0.2) is 0 Å². The molecule has 0 N–H and O–H groups in total. The van der Waals surface area contributed by atoms with Crippen molar-refractivity contribution in [1.82, 2.24) is 10.1 Å². The lowest BCUT2D eigenvalue weighted by atomic mass is 9.91. The quantitative estimate of drug-likeness (QED) is 0.726. The van der Waals surface area contributed by atoms with Gasteiger partial charge in [0.15, 0.2) is 5.82 Å². The van der Waals surface area contributed by atoms with Gasteiger partial charge in [0.05, 0.1) is 5.88 Å². The van der Waals surface area contributed by atoms with Crippen molar-refractivity contribution in [2.24, 2.45) is 0 Å². The third-order valence-corrected chi connectivity index (χ3v) is 3.30. The second kappa shape index (κ2) is 5.50. The summed E-state index contributed by atoms with van der Waals surface area (Å²) in [6.07, 6.45) is 8.99. The molecule has 0 bridgehead atoms. The van der Waals surface area contributed by atoms with E-state index >= 15 is 0 Å². The predicted molar refractivity (Wildman–Crippen MR) is 58.9 cm³/mol. The first-order valence-electron chi connectivity index (χ1n) is 5.78. The van der Waals surface area contributed by atoms with Gasteiger partial charge >= 0.3 is 0 Å². The van der Waals surface area contributed by atoms with Crippen LogP contribution in [0.1, 0.15) is 62.6 Å². The lowest BCUT2D eigenvalue weighted by Gasteiger charge is -2.15. The minimum atomic E-state index is 0.343. The third-order valence-electron chi connectivity index (χ3n) is 3.06. The molecule has 0 amide bonds. The van der Waals surface area contributed by atoms with Crippen LogP contribution >= 0.6 is 11.6 Å². The highest BCUT2D eigenvalue weighted by atomic mass is 35.5. The SMILES string of the molecule is ClCc1noc(C2CCCCCCC2)n1. The van der Waals surface area contributed by atoms with E-state index in [-0.39, 0.29) is 0 Å². The Morgan fingerprint density at radius 1 is 1.13 bits per heavy atom. The summed E-state index contributed by atoms with van der Waals surface area (Å²) in [7, 11) is 0. The molecule has 1 fully saturated rings. The molecule has 1 saturated carbocycles.